The molecule has 0 atom stereocenters. The fraction of sp³-hybridized carbons (Fsp3) is 0.333. The van der Waals surface area contributed by atoms with E-state index in [2.05, 4.69) is 10.3 Å². The molecule has 0 spiro atoms. The van der Waals surface area contributed by atoms with E-state index < -0.39 is 15.7 Å². The zero-order valence-corrected chi connectivity index (χ0v) is 5.62. The molecule has 0 aliphatic carbocycles. The van der Waals surface area contributed by atoms with Gasteiger partial charge in [0.1, 0.15) is 0 Å². The van der Waals surface area contributed by atoms with Crippen molar-refractivity contribution in [2.24, 2.45) is 0 Å². The molecular formula is C3H7AsO3. The third kappa shape index (κ3) is 6.18. The summed E-state index contributed by atoms with van der Waals surface area (Å²) in [4.78, 5) is 0. The first-order valence-electron chi connectivity index (χ1n) is 1.69. The Morgan fingerprint density at radius 2 is 2.29 bits per heavy atom. The molecule has 0 aromatic carbocycles. The zero-order valence-electron chi connectivity index (χ0n) is 3.74. The summed E-state index contributed by atoms with van der Waals surface area (Å²) >= 11 is -2.81. The van der Waals surface area contributed by atoms with Crippen LogP contribution in [-0.2, 0) is 3.73 Å². The fourth-order valence-electron chi connectivity index (χ4n) is 0.119. The normalized spacial score (nSPS) is 9.57. The second-order valence-corrected chi connectivity index (χ2v) is 2.44. The Labute approximate surface area is 47.6 Å². The molecule has 0 aliphatic heterocycles. The van der Waals surface area contributed by atoms with Gasteiger partial charge >= 0.3 is 46.9 Å². The van der Waals surface area contributed by atoms with Gasteiger partial charge in [0, 0.05) is 0 Å². The number of hydrogen-bond donors (Lipinski definition) is 2. The maximum atomic E-state index is 8.11. The van der Waals surface area contributed by atoms with Crippen molar-refractivity contribution in [3.05, 3.63) is 12.7 Å². The van der Waals surface area contributed by atoms with E-state index in [1.54, 1.807) is 0 Å². The van der Waals surface area contributed by atoms with E-state index >= 15 is 0 Å². The summed E-state index contributed by atoms with van der Waals surface area (Å²) in [6, 6.07) is 0. The van der Waals surface area contributed by atoms with Crippen LogP contribution in [0.1, 0.15) is 0 Å². The molecule has 0 bridgehead atoms. The summed E-state index contributed by atoms with van der Waals surface area (Å²) in [6.07, 6.45) is 1.47. The van der Waals surface area contributed by atoms with Gasteiger partial charge in [0.25, 0.3) is 0 Å². The molecule has 0 radical (unpaired) electrons. The van der Waals surface area contributed by atoms with E-state index in [1.165, 1.54) is 6.08 Å². The Morgan fingerprint density at radius 3 is 2.43 bits per heavy atom. The molecular weight excluding hydrogens is 159 g/mol. The number of hydrogen-bond acceptors (Lipinski definition) is 3. The van der Waals surface area contributed by atoms with Crippen molar-refractivity contribution in [1.82, 2.24) is 0 Å². The van der Waals surface area contributed by atoms with Crippen molar-refractivity contribution in [3.63, 3.8) is 0 Å². The Bertz CT molecular complexity index is 54.1. The van der Waals surface area contributed by atoms with Gasteiger partial charge in [-0.1, -0.05) is 0 Å². The molecule has 0 aliphatic rings. The van der Waals surface area contributed by atoms with Crippen LogP contribution in [0.15, 0.2) is 12.7 Å². The molecule has 3 nitrogen and oxygen atoms in total. The van der Waals surface area contributed by atoms with E-state index in [4.69, 9.17) is 8.19 Å². The molecule has 2 N–H and O–H groups in total. The molecule has 0 rings (SSSR count). The second-order valence-electron chi connectivity index (χ2n) is 0.837. The first-order valence-corrected chi connectivity index (χ1v) is 4.13. The van der Waals surface area contributed by atoms with Crippen LogP contribution in [0.5, 0.6) is 0 Å². The van der Waals surface area contributed by atoms with Gasteiger partial charge in [-0.05, 0) is 0 Å². The van der Waals surface area contributed by atoms with Crippen LogP contribution in [0.4, 0.5) is 0 Å². The molecule has 0 fully saturated rings. The van der Waals surface area contributed by atoms with Gasteiger partial charge in [-0.2, -0.15) is 0 Å². The van der Waals surface area contributed by atoms with Crippen LogP contribution in [0.25, 0.3) is 0 Å². The molecule has 4 heteroatoms. The predicted octanol–water partition coefficient (Wildman–Crippen LogP) is -0.842. The first-order chi connectivity index (χ1) is 3.27. The molecule has 0 saturated heterocycles. The van der Waals surface area contributed by atoms with E-state index in [9.17, 15) is 0 Å². The monoisotopic (exact) mass is 166 g/mol. The van der Waals surface area contributed by atoms with Gasteiger partial charge in [0.15, 0.2) is 0 Å². The molecule has 7 heavy (non-hydrogen) atoms. The summed E-state index contributed by atoms with van der Waals surface area (Å²) in [5.74, 6) is 0. The zero-order chi connectivity index (χ0) is 5.70. The Morgan fingerprint density at radius 1 is 1.71 bits per heavy atom. The summed E-state index contributed by atoms with van der Waals surface area (Å²) < 4.78 is 20.6. The van der Waals surface area contributed by atoms with Gasteiger partial charge in [-0.15, -0.1) is 0 Å². The molecule has 0 unspecified atom stereocenters. The first kappa shape index (κ1) is 7.18. The van der Waals surface area contributed by atoms with Gasteiger partial charge in [0.2, 0.25) is 0 Å². The third-order valence-electron chi connectivity index (χ3n) is 0.308. The molecule has 42 valence electrons. The van der Waals surface area contributed by atoms with Gasteiger partial charge in [-0.25, -0.2) is 0 Å². The summed E-state index contributed by atoms with van der Waals surface area (Å²) in [7, 11) is 0. The summed E-state index contributed by atoms with van der Waals surface area (Å²) in [5, 5.41) is 0. The van der Waals surface area contributed by atoms with Crippen molar-refractivity contribution < 1.29 is 11.9 Å². The molecule has 0 aromatic rings. The second kappa shape index (κ2) is 4.34. The third-order valence-corrected chi connectivity index (χ3v) is 1.11. The quantitative estimate of drug-likeness (QED) is 0.424. The van der Waals surface area contributed by atoms with E-state index in [1.807, 2.05) is 0 Å². The van der Waals surface area contributed by atoms with Gasteiger partial charge in [0.05, 0.1) is 0 Å². The van der Waals surface area contributed by atoms with Crippen LogP contribution < -0.4 is 0 Å². The van der Waals surface area contributed by atoms with E-state index in [-0.39, 0.29) is 6.61 Å². The predicted molar refractivity (Wildman–Crippen MR) is 26.3 cm³/mol. The SMILES string of the molecule is C=CCO[As](O)O. The molecule has 0 saturated carbocycles. The maximum absolute atomic E-state index is 8.11. The average molecular weight is 166 g/mol. The molecule has 0 aromatic heterocycles. The Balaban J connectivity index is 2.81. The Kier molecular flexibility index (Phi) is 4.45. The summed E-state index contributed by atoms with van der Waals surface area (Å²) in [5.41, 5.74) is 0. The minimum atomic E-state index is -2.81. The minimum absolute atomic E-state index is 0.229. The van der Waals surface area contributed by atoms with Crippen LogP contribution in [0, 0.1) is 0 Å². The summed E-state index contributed by atoms with van der Waals surface area (Å²) in [6.45, 7) is 3.54. The van der Waals surface area contributed by atoms with Crippen molar-refractivity contribution in [3.8, 4) is 0 Å². The van der Waals surface area contributed by atoms with Crippen LogP contribution in [0.3, 0.4) is 0 Å². The van der Waals surface area contributed by atoms with Crippen LogP contribution >= 0.6 is 0 Å². The van der Waals surface area contributed by atoms with Crippen molar-refractivity contribution >= 4 is 15.7 Å². The van der Waals surface area contributed by atoms with Gasteiger partial charge in [-0.3, -0.25) is 0 Å². The molecule has 0 heterocycles. The topological polar surface area (TPSA) is 49.7 Å². The van der Waals surface area contributed by atoms with Crippen molar-refractivity contribution in [2.45, 2.75) is 0 Å². The number of rotatable bonds is 3. The van der Waals surface area contributed by atoms with E-state index in [0.29, 0.717) is 0 Å². The van der Waals surface area contributed by atoms with E-state index in [0.717, 1.165) is 0 Å². The van der Waals surface area contributed by atoms with Gasteiger partial charge < -0.3 is 0 Å². The standard InChI is InChI=1S/C3H7AsO3/c1-2-3-7-4(5)6/h2,5-6H,1,3H2. The molecule has 0 amide bonds. The van der Waals surface area contributed by atoms with Crippen LogP contribution in [-0.4, -0.2) is 30.5 Å². The van der Waals surface area contributed by atoms with Crippen LogP contribution in [0.2, 0.25) is 0 Å². The van der Waals surface area contributed by atoms with Crippen molar-refractivity contribution in [2.75, 3.05) is 6.61 Å². The fourth-order valence-corrected chi connectivity index (χ4v) is 0.620. The Hall–Kier alpha value is 0.178. The van der Waals surface area contributed by atoms with Crippen molar-refractivity contribution in [1.29, 1.82) is 0 Å². The average Bonchev–Trinajstić information content (AvgIpc) is 1.61.